The maximum atomic E-state index is 13.4. The first kappa shape index (κ1) is 24.0. The van der Waals surface area contributed by atoms with Crippen LogP contribution in [0.2, 0.25) is 0 Å². The molecule has 8 heteroatoms. The normalized spacial score (nSPS) is 19.8. The topological polar surface area (TPSA) is 64.6 Å². The molecular formula is C22H30F3NO4. The quantitative estimate of drug-likeness (QED) is 0.627. The number of carbonyl (C=O) groups is 2. The van der Waals surface area contributed by atoms with E-state index < -0.39 is 29.4 Å². The zero-order chi connectivity index (χ0) is 22.5. The zero-order valence-corrected chi connectivity index (χ0v) is 17.9. The van der Waals surface area contributed by atoms with Crippen LogP contribution in [-0.2, 0) is 22.1 Å². The summed E-state index contributed by atoms with van der Waals surface area (Å²) in [7, 11) is 1.20. The molecule has 1 saturated carbocycles. The number of hydrogen-bond acceptors (Lipinski definition) is 4. The van der Waals surface area contributed by atoms with Gasteiger partial charge in [0.25, 0.3) is 0 Å². The Bertz CT molecular complexity index is 748. The molecule has 1 aliphatic carbocycles. The van der Waals surface area contributed by atoms with Crippen LogP contribution >= 0.6 is 0 Å². The van der Waals surface area contributed by atoms with Crippen LogP contribution in [0.3, 0.4) is 0 Å². The second-order valence-corrected chi connectivity index (χ2v) is 8.76. The number of hydrogen-bond donors (Lipinski definition) is 1. The Kier molecular flexibility index (Phi) is 7.77. The van der Waals surface area contributed by atoms with Crippen molar-refractivity contribution in [1.29, 1.82) is 0 Å². The monoisotopic (exact) mass is 429 g/mol. The van der Waals surface area contributed by atoms with E-state index in [-0.39, 0.29) is 29.5 Å². The van der Waals surface area contributed by atoms with Gasteiger partial charge in [-0.3, -0.25) is 0 Å². The average Bonchev–Trinajstić information content (AvgIpc) is 2.64. The minimum atomic E-state index is -4.47. The maximum absolute atomic E-state index is 13.4. The highest BCUT2D eigenvalue weighted by atomic mass is 19.4. The summed E-state index contributed by atoms with van der Waals surface area (Å²) in [5.41, 5.74) is -1.04. The molecule has 0 unspecified atom stereocenters. The fourth-order valence-corrected chi connectivity index (χ4v) is 3.75. The Morgan fingerprint density at radius 1 is 1.10 bits per heavy atom. The lowest BCUT2D eigenvalue weighted by Gasteiger charge is -2.30. The molecule has 0 bridgehead atoms. The number of alkyl halides is 3. The zero-order valence-electron chi connectivity index (χ0n) is 17.9. The lowest BCUT2D eigenvalue weighted by atomic mass is 9.82. The maximum Gasteiger partial charge on any atom is 0.416 e. The molecule has 1 aromatic carbocycles. The smallest absolute Gasteiger partial charge is 0.416 e. The molecule has 0 aromatic heterocycles. The van der Waals surface area contributed by atoms with E-state index >= 15 is 0 Å². The summed E-state index contributed by atoms with van der Waals surface area (Å²) in [4.78, 5) is 23.6. The number of amides is 1. The van der Waals surface area contributed by atoms with E-state index in [0.717, 1.165) is 37.8 Å². The summed E-state index contributed by atoms with van der Waals surface area (Å²) in [6.07, 6.45) is -0.936. The molecule has 0 spiro atoms. The molecule has 0 atom stereocenters. The van der Waals surface area contributed by atoms with Gasteiger partial charge in [0.1, 0.15) is 5.60 Å². The molecule has 1 N–H and O–H groups in total. The minimum Gasteiger partial charge on any atom is -0.465 e. The third kappa shape index (κ3) is 7.22. The van der Waals surface area contributed by atoms with E-state index in [1.807, 2.05) is 0 Å². The van der Waals surface area contributed by atoms with Crippen LogP contribution < -0.4 is 5.32 Å². The van der Waals surface area contributed by atoms with E-state index in [0.29, 0.717) is 6.42 Å². The highest BCUT2D eigenvalue weighted by Crippen LogP contribution is 2.35. The summed E-state index contributed by atoms with van der Waals surface area (Å²) in [5, 5.41) is 2.86. The van der Waals surface area contributed by atoms with Crippen molar-refractivity contribution < 1.29 is 32.2 Å². The van der Waals surface area contributed by atoms with Gasteiger partial charge in [-0.05, 0) is 89.0 Å². The highest BCUT2D eigenvalue weighted by molar-refractivity contribution is 5.89. The molecule has 1 amide bonds. The Balaban J connectivity index is 1.93. The standard InChI is InChI=1S/C22H30F3NO4/c1-21(2,3)30-20(28)26-17-10-6-14(7-11-17)5-8-15-13-16(19(27)29-4)9-12-18(15)22(23,24)25/h9,12-14,17H,5-8,10-11H2,1-4H3,(H,26,28). The predicted molar refractivity (Wildman–Crippen MR) is 106 cm³/mol. The summed E-state index contributed by atoms with van der Waals surface area (Å²) >= 11 is 0. The number of methoxy groups -OCH3 is 1. The molecule has 168 valence electrons. The van der Waals surface area contributed by atoms with E-state index in [4.69, 9.17) is 4.74 Å². The van der Waals surface area contributed by atoms with Crippen molar-refractivity contribution in [3.05, 3.63) is 34.9 Å². The van der Waals surface area contributed by atoms with E-state index in [9.17, 15) is 22.8 Å². The summed E-state index contributed by atoms with van der Waals surface area (Å²) in [6, 6.07) is 3.39. The molecule has 30 heavy (non-hydrogen) atoms. The Morgan fingerprint density at radius 2 is 1.73 bits per heavy atom. The summed E-state index contributed by atoms with van der Waals surface area (Å²) in [5.74, 6) is -0.386. The molecule has 1 aromatic rings. The molecular weight excluding hydrogens is 399 g/mol. The number of alkyl carbamates (subject to hydrolysis) is 1. The number of carbonyl (C=O) groups excluding carboxylic acids is 2. The molecule has 0 heterocycles. The van der Waals surface area contributed by atoms with Gasteiger partial charge >= 0.3 is 18.2 Å². The van der Waals surface area contributed by atoms with Crippen molar-refractivity contribution in [3.63, 3.8) is 0 Å². The third-order valence-corrected chi connectivity index (χ3v) is 5.22. The van der Waals surface area contributed by atoms with Gasteiger partial charge < -0.3 is 14.8 Å². The largest absolute Gasteiger partial charge is 0.465 e. The van der Waals surface area contributed by atoms with Gasteiger partial charge in [-0.1, -0.05) is 0 Å². The molecule has 0 aliphatic heterocycles. The first-order valence-electron chi connectivity index (χ1n) is 10.2. The van der Waals surface area contributed by atoms with Crippen LogP contribution in [-0.4, -0.2) is 30.8 Å². The average molecular weight is 429 g/mol. The van der Waals surface area contributed by atoms with Crippen LogP contribution in [0, 0.1) is 5.92 Å². The molecule has 1 fully saturated rings. The van der Waals surface area contributed by atoms with Gasteiger partial charge in [0.05, 0.1) is 18.2 Å². The first-order chi connectivity index (χ1) is 13.9. The number of aryl methyl sites for hydroxylation is 1. The third-order valence-electron chi connectivity index (χ3n) is 5.22. The van der Waals surface area contributed by atoms with Crippen molar-refractivity contribution in [2.75, 3.05) is 7.11 Å². The Labute approximate surface area is 175 Å². The summed E-state index contributed by atoms with van der Waals surface area (Å²) < 4.78 is 49.9. The van der Waals surface area contributed by atoms with Crippen LogP contribution in [0.1, 0.15) is 74.4 Å². The molecule has 5 nitrogen and oxygen atoms in total. The van der Waals surface area contributed by atoms with Crippen molar-refractivity contribution in [2.24, 2.45) is 5.92 Å². The van der Waals surface area contributed by atoms with E-state index in [2.05, 4.69) is 10.1 Å². The van der Waals surface area contributed by atoms with Crippen LogP contribution in [0.4, 0.5) is 18.0 Å². The van der Waals surface area contributed by atoms with Gasteiger partial charge in [-0.15, -0.1) is 0 Å². The van der Waals surface area contributed by atoms with Gasteiger partial charge in [0.15, 0.2) is 0 Å². The Hall–Kier alpha value is -2.25. The fraction of sp³-hybridized carbons (Fsp3) is 0.636. The van der Waals surface area contributed by atoms with Gasteiger partial charge in [0, 0.05) is 6.04 Å². The van der Waals surface area contributed by atoms with Crippen LogP contribution in [0.15, 0.2) is 18.2 Å². The second kappa shape index (κ2) is 9.71. The van der Waals surface area contributed by atoms with Crippen molar-refractivity contribution >= 4 is 12.1 Å². The molecule has 2 rings (SSSR count). The first-order valence-corrected chi connectivity index (χ1v) is 10.2. The van der Waals surface area contributed by atoms with Gasteiger partial charge in [-0.25, -0.2) is 9.59 Å². The van der Waals surface area contributed by atoms with Gasteiger partial charge in [0.2, 0.25) is 0 Å². The van der Waals surface area contributed by atoms with E-state index in [1.54, 1.807) is 20.8 Å². The van der Waals surface area contributed by atoms with Gasteiger partial charge in [-0.2, -0.15) is 13.2 Å². The molecule has 0 radical (unpaired) electrons. The van der Waals surface area contributed by atoms with Crippen LogP contribution in [0.25, 0.3) is 0 Å². The predicted octanol–water partition coefficient (Wildman–Crippen LogP) is 5.51. The number of nitrogens with one attached hydrogen (secondary N) is 1. The summed E-state index contributed by atoms with van der Waals surface area (Å²) in [6.45, 7) is 5.40. The highest BCUT2D eigenvalue weighted by Gasteiger charge is 2.34. The fourth-order valence-electron chi connectivity index (χ4n) is 3.75. The van der Waals surface area contributed by atoms with Crippen LogP contribution in [0.5, 0.6) is 0 Å². The number of rotatable bonds is 5. The number of halogens is 3. The molecule has 0 saturated heterocycles. The number of ether oxygens (including phenoxy) is 2. The SMILES string of the molecule is COC(=O)c1ccc(C(F)(F)F)c(CCC2CCC(NC(=O)OC(C)(C)C)CC2)c1. The van der Waals surface area contributed by atoms with Crippen molar-refractivity contribution in [1.82, 2.24) is 5.32 Å². The van der Waals surface area contributed by atoms with E-state index in [1.165, 1.54) is 13.2 Å². The minimum absolute atomic E-state index is 0.0180. The second-order valence-electron chi connectivity index (χ2n) is 8.76. The number of benzene rings is 1. The lowest BCUT2D eigenvalue weighted by molar-refractivity contribution is -0.138. The van der Waals surface area contributed by atoms with Crippen molar-refractivity contribution in [2.45, 2.75) is 77.1 Å². The number of esters is 1. The Morgan fingerprint density at radius 3 is 2.27 bits per heavy atom. The molecule has 1 aliphatic rings. The van der Waals surface area contributed by atoms with Crippen molar-refractivity contribution in [3.8, 4) is 0 Å². The lowest BCUT2D eigenvalue weighted by Crippen LogP contribution is -2.40.